The Hall–Kier alpha value is -0.810. The van der Waals surface area contributed by atoms with Crippen LogP contribution in [-0.2, 0) is 9.47 Å². The van der Waals surface area contributed by atoms with Crippen molar-refractivity contribution < 1.29 is 14.3 Å². The van der Waals surface area contributed by atoms with Crippen molar-refractivity contribution in [2.75, 3.05) is 26.7 Å². The minimum atomic E-state index is -0.363. The molecule has 110 valence electrons. The zero-order chi connectivity index (χ0) is 13.9. The van der Waals surface area contributed by atoms with E-state index in [1.165, 1.54) is 0 Å². The van der Waals surface area contributed by atoms with E-state index in [-0.39, 0.29) is 17.9 Å². The average Bonchev–Trinajstić information content (AvgIpc) is 2.82. The topological polar surface area (TPSA) is 50.8 Å². The van der Waals surface area contributed by atoms with Crippen LogP contribution in [0, 0.1) is 5.92 Å². The Balaban J connectivity index is 1.75. The third-order valence-corrected chi connectivity index (χ3v) is 4.25. The number of amides is 2. The number of hydrogen-bond donors (Lipinski definition) is 1. The number of nitrogens with zero attached hydrogens (tertiary/aromatic N) is 1. The van der Waals surface area contributed by atoms with Gasteiger partial charge in [0.25, 0.3) is 0 Å². The molecular weight excluding hydrogens is 244 g/mol. The summed E-state index contributed by atoms with van der Waals surface area (Å²) < 4.78 is 11.9. The number of rotatable bonds is 3. The van der Waals surface area contributed by atoms with Crippen molar-refractivity contribution in [1.29, 1.82) is 0 Å². The second-order valence-corrected chi connectivity index (χ2v) is 5.84. The van der Waals surface area contributed by atoms with Gasteiger partial charge in [-0.25, -0.2) is 4.79 Å². The molecule has 1 N–H and O–H groups in total. The van der Waals surface area contributed by atoms with Gasteiger partial charge in [-0.1, -0.05) is 6.92 Å². The molecular formula is C14H26N2O3. The van der Waals surface area contributed by atoms with E-state index in [1.54, 1.807) is 11.9 Å². The summed E-state index contributed by atoms with van der Waals surface area (Å²) in [5.41, 5.74) is 0. The molecule has 0 aromatic carbocycles. The summed E-state index contributed by atoms with van der Waals surface area (Å²) in [6, 6.07) is -0.0516. The Bertz CT molecular complexity index is 314. The van der Waals surface area contributed by atoms with Gasteiger partial charge in [0.05, 0.1) is 6.61 Å². The van der Waals surface area contributed by atoms with E-state index in [0.29, 0.717) is 19.7 Å². The van der Waals surface area contributed by atoms with Gasteiger partial charge in [0.2, 0.25) is 0 Å². The van der Waals surface area contributed by atoms with Crippen LogP contribution < -0.4 is 5.32 Å². The Kier molecular flexibility index (Phi) is 4.68. The Morgan fingerprint density at radius 1 is 1.42 bits per heavy atom. The van der Waals surface area contributed by atoms with E-state index in [9.17, 15) is 4.79 Å². The third kappa shape index (κ3) is 3.60. The molecule has 5 heteroatoms. The average molecular weight is 270 g/mol. The van der Waals surface area contributed by atoms with E-state index >= 15 is 0 Å². The molecule has 1 saturated carbocycles. The van der Waals surface area contributed by atoms with Crippen LogP contribution in [0.4, 0.5) is 4.79 Å². The van der Waals surface area contributed by atoms with E-state index in [4.69, 9.17) is 9.47 Å². The Labute approximate surface area is 115 Å². The zero-order valence-corrected chi connectivity index (χ0v) is 12.3. The summed E-state index contributed by atoms with van der Waals surface area (Å²) in [6.45, 7) is 6.05. The molecule has 19 heavy (non-hydrogen) atoms. The standard InChI is InChI=1S/C14H26N2O3/c1-4-16(3)13(17)15-9-12-10-18-14(19-12)7-5-11(2)6-8-14/h11-12H,4-10H2,1-3H3,(H,15,17). The maximum absolute atomic E-state index is 11.7. The van der Waals surface area contributed by atoms with Crippen molar-refractivity contribution in [2.45, 2.75) is 51.4 Å². The van der Waals surface area contributed by atoms with Crippen LogP contribution in [0.3, 0.4) is 0 Å². The number of carbonyl (C=O) groups excluding carboxylic acids is 1. The van der Waals surface area contributed by atoms with Crippen molar-refractivity contribution in [1.82, 2.24) is 10.2 Å². The van der Waals surface area contributed by atoms with Crippen LogP contribution in [0.2, 0.25) is 0 Å². The predicted octanol–water partition coefficient (Wildman–Crippen LogP) is 1.97. The zero-order valence-electron chi connectivity index (χ0n) is 12.3. The van der Waals surface area contributed by atoms with Crippen molar-refractivity contribution in [3.63, 3.8) is 0 Å². The highest BCUT2D eigenvalue weighted by atomic mass is 16.7. The fourth-order valence-electron chi connectivity index (χ4n) is 2.66. The lowest BCUT2D eigenvalue weighted by Gasteiger charge is -2.34. The molecule has 1 aliphatic carbocycles. The molecule has 2 amide bonds. The van der Waals surface area contributed by atoms with Crippen LogP contribution >= 0.6 is 0 Å². The summed E-state index contributed by atoms with van der Waals surface area (Å²) in [4.78, 5) is 13.3. The highest BCUT2D eigenvalue weighted by molar-refractivity contribution is 5.73. The fourth-order valence-corrected chi connectivity index (χ4v) is 2.66. The molecule has 0 radical (unpaired) electrons. The lowest BCUT2D eigenvalue weighted by molar-refractivity contribution is -0.191. The van der Waals surface area contributed by atoms with E-state index in [2.05, 4.69) is 12.2 Å². The normalized spacial score (nSPS) is 34.5. The van der Waals surface area contributed by atoms with Crippen LogP contribution in [0.5, 0.6) is 0 Å². The molecule has 1 spiro atoms. The Morgan fingerprint density at radius 2 is 2.11 bits per heavy atom. The molecule has 1 aliphatic heterocycles. The van der Waals surface area contributed by atoms with E-state index in [1.807, 2.05) is 6.92 Å². The fraction of sp³-hybridized carbons (Fsp3) is 0.929. The van der Waals surface area contributed by atoms with Gasteiger partial charge in [-0.3, -0.25) is 0 Å². The number of nitrogens with one attached hydrogen (secondary N) is 1. The van der Waals surface area contributed by atoms with Gasteiger partial charge in [0.1, 0.15) is 6.10 Å². The monoisotopic (exact) mass is 270 g/mol. The SMILES string of the molecule is CCN(C)C(=O)NCC1COC2(CCC(C)CC2)O1. The number of hydrogen-bond acceptors (Lipinski definition) is 3. The van der Waals surface area contributed by atoms with Gasteiger partial charge in [-0.15, -0.1) is 0 Å². The van der Waals surface area contributed by atoms with Crippen LogP contribution in [0.25, 0.3) is 0 Å². The van der Waals surface area contributed by atoms with E-state index < -0.39 is 0 Å². The van der Waals surface area contributed by atoms with E-state index in [0.717, 1.165) is 31.6 Å². The molecule has 0 aromatic rings. The Morgan fingerprint density at radius 3 is 2.74 bits per heavy atom. The van der Waals surface area contributed by atoms with Crippen molar-refractivity contribution in [3.8, 4) is 0 Å². The minimum Gasteiger partial charge on any atom is -0.347 e. The summed E-state index contributed by atoms with van der Waals surface area (Å²) >= 11 is 0. The maximum atomic E-state index is 11.7. The first-order valence-corrected chi connectivity index (χ1v) is 7.35. The highest BCUT2D eigenvalue weighted by Crippen LogP contribution is 2.39. The van der Waals surface area contributed by atoms with Crippen molar-refractivity contribution in [2.24, 2.45) is 5.92 Å². The second kappa shape index (κ2) is 6.09. The van der Waals surface area contributed by atoms with Gasteiger partial charge in [-0.2, -0.15) is 0 Å². The van der Waals surface area contributed by atoms with Gasteiger partial charge >= 0.3 is 6.03 Å². The second-order valence-electron chi connectivity index (χ2n) is 5.84. The van der Waals surface area contributed by atoms with Gasteiger partial charge in [-0.05, 0) is 25.7 Å². The number of ether oxygens (including phenoxy) is 2. The lowest BCUT2D eigenvalue weighted by atomic mass is 9.86. The summed E-state index contributed by atoms with van der Waals surface area (Å²) in [5.74, 6) is 0.410. The quantitative estimate of drug-likeness (QED) is 0.853. The first-order chi connectivity index (χ1) is 9.04. The van der Waals surface area contributed by atoms with Gasteiger partial charge in [0, 0.05) is 33.0 Å². The van der Waals surface area contributed by atoms with Crippen molar-refractivity contribution in [3.05, 3.63) is 0 Å². The molecule has 2 fully saturated rings. The largest absolute Gasteiger partial charge is 0.347 e. The molecule has 1 unspecified atom stereocenters. The summed E-state index contributed by atoms with van der Waals surface area (Å²) in [7, 11) is 1.78. The maximum Gasteiger partial charge on any atom is 0.317 e. The molecule has 2 aliphatic rings. The molecule has 2 rings (SSSR count). The molecule has 0 bridgehead atoms. The summed E-state index contributed by atoms with van der Waals surface area (Å²) in [5, 5.41) is 2.89. The number of carbonyl (C=O) groups is 1. The molecule has 1 heterocycles. The number of urea groups is 1. The first kappa shape index (κ1) is 14.6. The minimum absolute atomic E-state index is 0.0115. The highest BCUT2D eigenvalue weighted by Gasteiger charge is 2.43. The third-order valence-electron chi connectivity index (χ3n) is 4.25. The van der Waals surface area contributed by atoms with Crippen molar-refractivity contribution >= 4 is 6.03 Å². The lowest BCUT2D eigenvalue weighted by Crippen LogP contribution is -2.42. The molecule has 0 aromatic heterocycles. The van der Waals surface area contributed by atoms with Gasteiger partial charge in [0.15, 0.2) is 5.79 Å². The smallest absolute Gasteiger partial charge is 0.317 e. The van der Waals surface area contributed by atoms with Gasteiger partial charge < -0.3 is 19.7 Å². The van der Waals surface area contributed by atoms with Crippen LogP contribution in [0.1, 0.15) is 39.5 Å². The predicted molar refractivity (Wildman–Crippen MR) is 72.9 cm³/mol. The molecule has 5 nitrogen and oxygen atoms in total. The molecule has 1 atom stereocenters. The van der Waals surface area contributed by atoms with Crippen LogP contribution in [0.15, 0.2) is 0 Å². The molecule has 1 saturated heterocycles. The van der Waals surface area contributed by atoms with Crippen LogP contribution in [-0.4, -0.2) is 49.6 Å². The first-order valence-electron chi connectivity index (χ1n) is 7.35. The summed E-state index contributed by atoms with van der Waals surface area (Å²) in [6.07, 6.45) is 4.28.